The van der Waals surface area contributed by atoms with Crippen molar-refractivity contribution in [2.75, 3.05) is 13.7 Å². The minimum atomic E-state index is -0.432. The molecule has 136 valence electrons. The first-order chi connectivity index (χ1) is 13.1. The number of hydrazone groups is 1. The molecule has 1 heterocycles. The molecule has 1 aromatic heterocycles. The number of nitrogens with one attached hydrogen (secondary N) is 1. The maximum Gasteiger partial charge on any atom is 0.307 e. The van der Waals surface area contributed by atoms with Crippen LogP contribution in [0.25, 0.3) is 11.0 Å². The Morgan fingerprint density at radius 1 is 1.37 bits per heavy atom. The van der Waals surface area contributed by atoms with E-state index in [-0.39, 0.29) is 12.4 Å². The van der Waals surface area contributed by atoms with Crippen molar-refractivity contribution in [3.63, 3.8) is 0 Å². The lowest BCUT2D eigenvalue weighted by Gasteiger charge is -2.11. The predicted molar refractivity (Wildman–Crippen MR) is 111 cm³/mol. The second-order valence-corrected chi connectivity index (χ2v) is 6.54. The van der Waals surface area contributed by atoms with E-state index in [0.29, 0.717) is 17.1 Å². The fourth-order valence-corrected chi connectivity index (χ4v) is 3.16. The number of amides is 1. The molecule has 0 saturated heterocycles. The highest BCUT2D eigenvalue weighted by Crippen LogP contribution is 2.33. The van der Waals surface area contributed by atoms with Crippen molar-refractivity contribution >= 4 is 45.7 Å². The monoisotopic (exact) mass is 474 g/mol. The van der Waals surface area contributed by atoms with E-state index in [9.17, 15) is 4.79 Å². The molecular formula is C20H15IN2O4. The second-order valence-electron chi connectivity index (χ2n) is 5.37. The lowest BCUT2D eigenvalue weighted by molar-refractivity contribution is 0.0929. The van der Waals surface area contributed by atoms with Gasteiger partial charge in [-0.25, -0.2) is 5.43 Å². The first kappa shape index (κ1) is 18.8. The van der Waals surface area contributed by atoms with Crippen LogP contribution in [0.5, 0.6) is 11.5 Å². The van der Waals surface area contributed by atoms with Crippen LogP contribution in [-0.4, -0.2) is 25.8 Å². The van der Waals surface area contributed by atoms with Crippen LogP contribution >= 0.6 is 22.6 Å². The Labute approximate surface area is 169 Å². The molecule has 0 atom stereocenters. The fourth-order valence-electron chi connectivity index (χ4n) is 2.38. The lowest BCUT2D eigenvalue weighted by Crippen LogP contribution is -2.16. The van der Waals surface area contributed by atoms with Gasteiger partial charge in [-0.1, -0.05) is 24.1 Å². The highest BCUT2D eigenvalue weighted by Gasteiger charge is 2.12. The molecule has 0 bridgehead atoms. The number of ether oxygens (including phenoxy) is 2. The third-order valence-electron chi connectivity index (χ3n) is 3.58. The highest BCUT2D eigenvalue weighted by atomic mass is 127. The average molecular weight is 474 g/mol. The molecule has 3 aromatic rings. The van der Waals surface area contributed by atoms with E-state index in [4.69, 9.17) is 20.3 Å². The van der Waals surface area contributed by atoms with Crippen molar-refractivity contribution in [2.24, 2.45) is 5.10 Å². The summed E-state index contributed by atoms with van der Waals surface area (Å²) in [6, 6.07) is 12.6. The number of para-hydroxylation sites is 1. The maximum atomic E-state index is 12.2. The first-order valence-electron chi connectivity index (χ1n) is 7.88. The van der Waals surface area contributed by atoms with Gasteiger partial charge in [0.2, 0.25) is 0 Å². The summed E-state index contributed by atoms with van der Waals surface area (Å²) in [5.41, 5.74) is 3.83. The van der Waals surface area contributed by atoms with Crippen molar-refractivity contribution in [3.8, 4) is 23.8 Å². The fraction of sp³-hybridized carbons (Fsp3) is 0.100. The van der Waals surface area contributed by atoms with Crippen LogP contribution in [0.4, 0.5) is 0 Å². The summed E-state index contributed by atoms with van der Waals surface area (Å²) in [6.07, 6.45) is 6.74. The summed E-state index contributed by atoms with van der Waals surface area (Å²) in [5, 5.41) is 4.83. The number of fused-ring (bicyclic) bond motifs is 1. The first-order valence-corrected chi connectivity index (χ1v) is 8.96. The van der Waals surface area contributed by atoms with Crippen molar-refractivity contribution < 1.29 is 18.7 Å². The van der Waals surface area contributed by atoms with E-state index in [1.165, 1.54) is 6.21 Å². The van der Waals surface area contributed by atoms with Crippen molar-refractivity contribution in [1.82, 2.24) is 5.43 Å². The third-order valence-corrected chi connectivity index (χ3v) is 4.38. The molecule has 0 aliphatic rings. The van der Waals surface area contributed by atoms with Crippen LogP contribution in [0.3, 0.4) is 0 Å². The Kier molecular flexibility index (Phi) is 5.98. The summed E-state index contributed by atoms with van der Waals surface area (Å²) in [5.74, 6) is 3.28. The van der Waals surface area contributed by atoms with Crippen LogP contribution in [-0.2, 0) is 0 Å². The molecule has 0 aliphatic heterocycles. The summed E-state index contributed by atoms with van der Waals surface area (Å²) in [7, 11) is 1.54. The number of methoxy groups -OCH3 is 1. The zero-order chi connectivity index (χ0) is 19.2. The van der Waals surface area contributed by atoms with Gasteiger partial charge in [0.25, 0.3) is 0 Å². The van der Waals surface area contributed by atoms with Gasteiger partial charge in [-0.3, -0.25) is 4.79 Å². The number of carbonyl (C=O) groups excluding carboxylic acids is 1. The lowest BCUT2D eigenvalue weighted by atomic mass is 10.2. The summed E-state index contributed by atoms with van der Waals surface area (Å²) >= 11 is 2.12. The zero-order valence-electron chi connectivity index (χ0n) is 14.4. The highest BCUT2D eigenvalue weighted by molar-refractivity contribution is 14.1. The third kappa shape index (κ3) is 4.41. The quantitative estimate of drug-likeness (QED) is 0.255. The molecule has 0 fully saturated rings. The Morgan fingerprint density at radius 3 is 2.93 bits per heavy atom. The van der Waals surface area contributed by atoms with Crippen LogP contribution in [0.15, 0.2) is 52.0 Å². The zero-order valence-corrected chi connectivity index (χ0v) is 16.5. The molecule has 3 rings (SSSR count). The van der Waals surface area contributed by atoms with Gasteiger partial charge in [-0.2, -0.15) is 5.10 Å². The van der Waals surface area contributed by atoms with Gasteiger partial charge in [0.05, 0.1) is 16.9 Å². The Hall–Kier alpha value is -2.99. The molecule has 0 aliphatic carbocycles. The molecule has 7 heteroatoms. The topological polar surface area (TPSA) is 73.1 Å². The molecule has 27 heavy (non-hydrogen) atoms. The van der Waals surface area contributed by atoms with E-state index >= 15 is 0 Å². The normalized spacial score (nSPS) is 10.7. The molecule has 0 spiro atoms. The molecule has 0 saturated carbocycles. The van der Waals surface area contributed by atoms with E-state index in [1.807, 2.05) is 24.3 Å². The Bertz CT molecular complexity index is 1020. The van der Waals surface area contributed by atoms with Gasteiger partial charge in [0, 0.05) is 5.39 Å². The number of furan rings is 1. The second kappa shape index (κ2) is 8.60. The molecule has 6 nitrogen and oxygen atoms in total. The molecule has 0 unspecified atom stereocenters. The smallest absolute Gasteiger partial charge is 0.307 e. The van der Waals surface area contributed by atoms with Gasteiger partial charge in [0.1, 0.15) is 12.2 Å². The van der Waals surface area contributed by atoms with Gasteiger partial charge >= 0.3 is 5.91 Å². The number of terminal acetylenes is 1. The van der Waals surface area contributed by atoms with E-state index in [1.54, 1.807) is 25.3 Å². The number of carbonyl (C=O) groups is 1. The van der Waals surface area contributed by atoms with Gasteiger partial charge in [-0.15, -0.1) is 6.42 Å². The van der Waals surface area contributed by atoms with Crippen LogP contribution in [0, 0.1) is 15.9 Å². The molecule has 1 amide bonds. The number of hydrogen-bond acceptors (Lipinski definition) is 5. The Morgan fingerprint density at radius 2 is 2.19 bits per heavy atom. The number of halogens is 1. The number of nitrogens with zero attached hydrogens (tertiary/aromatic N) is 1. The number of rotatable bonds is 6. The Balaban J connectivity index is 1.72. The van der Waals surface area contributed by atoms with Crippen LogP contribution < -0.4 is 14.9 Å². The maximum absolute atomic E-state index is 12.2. The van der Waals surface area contributed by atoms with Gasteiger partial charge in [-0.05, 0) is 52.4 Å². The van der Waals surface area contributed by atoms with Gasteiger partial charge in [0.15, 0.2) is 17.3 Å². The molecular weight excluding hydrogens is 459 g/mol. The van der Waals surface area contributed by atoms with E-state index in [2.05, 4.69) is 39.0 Å². The van der Waals surface area contributed by atoms with Crippen LogP contribution in [0.1, 0.15) is 16.1 Å². The summed E-state index contributed by atoms with van der Waals surface area (Å²) < 4.78 is 17.1. The molecule has 0 radical (unpaired) electrons. The molecule has 1 N–H and O–H groups in total. The standard InChI is InChI=1S/C20H15IN2O4/c1-3-8-26-19-15(21)9-13(10-17(19)25-2)12-22-23-20(24)18-11-14-6-4-5-7-16(14)27-18/h1,4-7,9-12H,8H2,2H3,(H,23,24)/b22-12+. The summed E-state index contributed by atoms with van der Waals surface area (Å²) in [4.78, 5) is 12.2. The van der Waals surface area contributed by atoms with Crippen molar-refractivity contribution in [1.29, 1.82) is 0 Å². The van der Waals surface area contributed by atoms with E-state index in [0.717, 1.165) is 14.5 Å². The predicted octanol–water partition coefficient (Wildman–Crippen LogP) is 3.82. The SMILES string of the molecule is C#CCOc1c(I)cc(/C=N/NC(=O)c2cc3ccccc3o2)cc1OC. The number of hydrogen-bond donors (Lipinski definition) is 1. The molecule has 2 aromatic carbocycles. The minimum Gasteiger partial charge on any atom is -0.493 e. The van der Waals surface area contributed by atoms with Gasteiger partial charge < -0.3 is 13.9 Å². The minimum absolute atomic E-state index is 0.146. The van der Waals surface area contributed by atoms with Crippen molar-refractivity contribution in [2.45, 2.75) is 0 Å². The summed E-state index contributed by atoms with van der Waals surface area (Å²) in [6.45, 7) is 0.146. The van der Waals surface area contributed by atoms with Crippen molar-refractivity contribution in [3.05, 3.63) is 57.4 Å². The van der Waals surface area contributed by atoms with Crippen LogP contribution in [0.2, 0.25) is 0 Å². The number of benzene rings is 2. The average Bonchev–Trinajstić information content (AvgIpc) is 3.11. The largest absolute Gasteiger partial charge is 0.493 e. The van der Waals surface area contributed by atoms with E-state index < -0.39 is 5.91 Å².